The largest absolute Gasteiger partial charge is 0.0613 e. The Morgan fingerprint density at radius 2 is 0.562 bits per heavy atom. The molecule has 0 aliphatic carbocycles. The predicted octanol–water partition coefficient (Wildman–Crippen LogP) is 9.08. The van der Waals surface area contributed by atoms with Crippen molar-refractivity contribution < 1.29 is 0 Å². The van der Waals surface area contributed by atoms with Gasteiger partial charge in [-0.1, -0.05) is 67.5 Å². The highest BCUT2D eigenvalue weighted by Gasteiger charge is 2.26. The minimum absolute atomic E-state index is 1.12. The van der Waals surface area contributed by atoms with E-state index in [-0.39, 0.29) is 0 Å². The van der Waals surface area contributed by atoms with Crippen molar-refractivity contribution in [1.29, 1.82) is 0 Å². The van der Waals surface area contributed by atoms with Crippen LogP contribution in [0.1, 0.15) is 99.9 Å². The fourth-order valence-corrected chi connectivity index (χ4v) is 7.11. The van der Waals surface area contributed by atoms with E-state index in [2.05, 4.69) is 67.5 Å². The van der Waals surface area contributed by atoms with Gasteiger partial charge in [0.1, 0.15) is 0 Å². The molecule has 0 N–H and O–H groups in total. The van der Waals surface area contributed by atoms with Gasteiger partial charge in [0.15, 0.2) is 0 Å². The van der Waals surface area contributed by atoms with Gasteiger partial charge >= 0.3 is 0 Å². The highest BCUT2D eigenvalue weighted by atomic mass is 14.3. The number of aryl methyl sites for hydroxylation is 6. The van der Waals surface area contributed by atoms with Crippen molar-refractivity contribution in [1.82, 2.24) is 0 Å². The van der Waals surface area contributed by atoms with E-state index < -0.39 is 0 Å². The van der Waals surface area contributed by atoms with Crippen LogP contribution in [0.2, 0.25) is 0 Å². The van der Waals surface area contributed by atoms with Crippen molar-refractivity contribution in [3.63, 3.8) is 0 Å². The van der Waals surface area contributed by atoms with Crippen LogP contribution < -0.4 is 0 Å². The molecule has 0 heteroatoms. The summed E-state index contributed by atoms with van der Waals surface area (Å²) in [4.78, 5) is 0. The molecule has 0 atom stereocenters. The summed E-state index contributed by atoms with van der Waals surface area (Å²) in [6.07, 6.45) is 9.00. The fourth-order valence-electron chi connectivity index (χ4n) is 7.11. The minimum Gasteiger partial charge on any atom is -0.0613 e. The number of hydrogen-bond donors (Lipinski definition) is 0. The molecule has 32 heavy (non-hydrogen) atoms. The monoisotopic (exact) mass is 426 g/mol. The zero-order valence-corrected chi connectivity index (χ0v) is 21.8. The van der Waals surface area contributed by atoms with E-state index in [0.717, 1.165) is 51.4 Å². The van der Waals surface area contributed by atoms with Crippen molar-refractivity contribution in [3.8, 4) is 0 Å². The Labute approximate surface area is 195 Å². The third kappa shape index (κ3) is 2.94. The first kappa shape index (κ1) is 23.1. The fraction of sp³-hybridized carbons (Fsp3) is 0.500. The summed E-state index contributed by atoms with van der Waals surface area (Å²) < 4.78 is 0. The van der Waals surface area contributed by atoms with Gasteiger partial charge in [-0.15, -0.1) is 0 Å². The predicted molar refractivity (Wildman–Crippen MR) is 145 cm³/mol. The van der Waals surface area contributed by atoms with Gasteiger partial charge in [-0.05, 0) is 128 Å². The topological polar surface area (TPSA) is 0 Å². The Hall–Kier alpha value is -2.08. The van der Waals surface area contributed by atoms with E-state index >= 15 is 0 Å². The maximum absolute atomic E-state index is 2.48. The maximum atomic E-state index is 2.48. The smallest absolute Gasteiger partial charge is 0.00179 e. The van der Waals surface area contributed by atoms with Crippen LogP contribution in [0.15, 0.2) is 12.1 Å². The highest BCUT2D eigenvalue weighted by Crippen LogP contribution is 2.47. The second kappa shape index (κ2) is 9.05. The lowest BCUT2D eigenvalue weighted by atomic mass is 9.75. The Morgan fingerprint density at radius 3 is 0.812 bits per heavy atom. The molecule has 0 saturated carbocycles. The summed E-state index contributed by atoms with van der Waals surface area (Å²) in [6.45, 7) is 18.9. The number of hydrogen-bond acceptors (Lipinski definition) is 0. The van der Waals surface area contributed by atoms with Crippen molar-refractivity contribution in [2.24, 2.45) is 0 Å². The molecule has 0 aliphatic heterocycles. The van der Waals surface area contributed by atoms with Crippen LogP contribution in [-0.4, -0.2) is 0 Å². The van der Waals surface area contributed by atoms with Crippen molar-refractivity contribution in [2.45, 2.75) is 107 Å². The summed E-state index contributed by atoms with van der Waals surface area (Å²) in [7, 11) is 0. The quantitative estimate of drug-likeness (QED) is 0.246. The van der Waals surface area contributed by atoms with E-state index in [1.165, 1.54) is 10.8 Å². The van der Waals surface area contributed by atoms with Gasteiger partial charge in [-0.25, -0.2) is 0 Å². The van der Waals surface area contributed by atoms with E-state index in [1.54, 1.807) is 66.1 Å². The van der Waals surface area contributed by atoms with E-state index in [0.29, 0.717) is 0 Å². The second-order valence-electron chi connectivity index (χ2n) is 9.32. The Morgan fingerprint density at radius 1 is 0.312 bits per heavy atom. The summed E-state index contributed by atoms with van der Waals surface area (Å²) in [5, 5.41) is 9.46. The van der Waals surface area contributed by atoms with Crippen molar-refractivity contribution in [3.05, 3.63) is 56.6 Å². The van der Waals surface area contributed by atoms with Crippen LogP contribution >= 0.6 is 0 Å². The van der Waals surface area contributed by atoms with Crippen LogP contribution in [0.25, 0.3) is 32.3 Å². The van der Waals surface area contributed by atoms with Gasteiger partial charge in [-0.3, -0.25) is 0 Å². The Bertz CT molecular complexity index is 1180. The Kier molecular flexibility index (Phi) is 6.53. The average Bonchev–Trinajstić information content (AvgIpc) is 2.84. The molecular formula is C32H42. The molecular weight excluding hydrogens is 384 g/mol. The lowest BCUT2D eigenvalue weighted by Crippen LogP contribution is -2.09. The van der Waals surface area contributed by atoms with Gasteiger partial charge < -0.3 is 0 Å². The standard InChI is InChI=1S/C32H42/c1-9-19-21(11-3)27-17-18-28-22(12-4)20(10-2)24(14-6)30-26(16-8)25(15-7)29(23(19)13-5)31(27)32(28)30/h17-18H,9-16H2,1-8H3. The zero-order valence-electron chi connectivity index (χ0n) is 21.8. The molecule has 0 saturated heterocycles. The van der Waals surface area contributed by atoms with Crippen LogP contribution in [-0.2, 0) is 51.4 Å². The van der Waals surface area contributed by atoms with Gasteiger partial charge in [-0.2, -0.15) is 0 Å². The summed E-state index contributed by atoms with van der Waals surface area (Å²) in [6, 6.07) is 4.97. The SMILES string of the molecule is CCc1c(CC)c2ccc3c(CC)c(CC)c(CC)c4c(CC)c(CC)c(c1CC)c2c34. The first-order valence-electron chi connectivity index (χ1n) is 13.4. The molecule has 0 radical (unpaired) electrons. The van der Waals surface area contributed by atoms with Gasteiger partial charge in [0.05, 0.1) is 0 Å². The van der Waals surface area contributed by atoms with Crippen LogP contribution in [0.3, 0.4) is 0 Å². The third-order valence-corrected chi connectivity index (χ3v) is 8.21. The molecule has 0 fully saturated rings. The molecule has 0 unspecified atom stereocenters. The highest BCUT2D eigenvalue weighted by molar-refractivity contribution is 6.28. The van der Waals surface area contributed by atoms with E-state index in [1.807, 2.05) is 0 Å². The summed E-state index contributed by atoms with van der Waals surface area (Å²) in [5.74, 6) is 0. The molecule has 0 heterocycles. The number of benzene rings is 4. The lowest BCUT2D eigenvalue weighted by molar-refractivity contribution is 0.985. The molecule has 0 spiro atoms. The van der Waals surface area contributed by atoms with Crippen LogP contribution in [0.4, 0.5) is 0 Å². The first-order valence-corrected chi connectivity index (χ1v) is 13.4. The molecule has 0 bridgehead atoms. The van der Waals surface area contributed by atoms with E-state index in [9.17, 15) is 0 Å². The van der Waals surface area contributed by atoms with E-state index in [4.69, 9.17) is 0 Å². The molecule has 0 aliphatic rings. The maximum Gasteiger partial charge on any atom is -0.00179 e. The molecule has 0 amide bonds. The van der Waals surface area contributed by atoms with Gasteiger partial charge in [0.25, 0.3) is 0 Å². The lowest BCUT2D eigenvalue weighted by Gasteiger charge is -2.28. The summed E-state index contributed by atoms with van der Waals surface area (Å²) in [5.41, 5.74) is 13.0. The van der Waals surface area contributed by atoms with Crippen molar-refractivity contribution in [2.75, 3.05) is 0 Å². The Balaban J connectivity index is 2.50. The normalized spacial score (nSPS) is 12.1. The van der Waals surface area contributed by atoms with Crippen LogP contribution in [0.5, 0.6) is 0 Å². The van der Waals surface area contributed by atoms with Gasteiger partial charge in [0.2, 0.25) is 0 Å². The average molecular weight is 427 g/mol. The molecule has 4 aromatic rings. The summed E-state index contributed by atoms with van der Waals surface area (Å²) >= 11 is 0. The zero-order chi connectivity index (χ0) is 23.2. The van der Waals surface area contributed by atoms with Gasteiger partial charge in [0, 0.05) is 0 Å². The van der Waals surface area contributed by atoms with Crippen LogP contribution in [0, 0.1) is 0 Å². The number of rotatable bonds is 8. The molecule has 4 aromatic carbocycles. The third-order valence-electron chi connectivity index (χ3n) is 8.21. The molecule has 0 nitrogen and oxygen atoms in total. The molecule has 0 aromatic heterocycles. The minimum atomic E-state index is 1.12. The molecule has 4 rings (SSSR count). The molecule has 170 valence electrons. The second-order valence-corrected chi connectivity index (χ2v) is 9.32. The van der Waals surface area contributed by atoms with Crippen molar-refractivity contribution >= 4 is 32.3 Å². The first-order chi connectivity index (χ1) is 15.6.